The monoisotopic (exact) mass is 330 g/mol. The first-order valence-corrected chi connectivity index (χ1v) is 7.96. The summed E-state index contributed by atoms with van der Waals surface area (Å²) in [5.74, 6) is 0.00752. The van der Waals surface area contributed by atoms with Crippen molar-refractivity contribution in [1.82, 2.24) is 0 Å². The number of ether oxygens (including phenoxy) is 1. The Morgan fingerprint density at radius 1 is 1.26 bits per heavy atom. The highest BCUT2D eigenvalue weighted by atomic mass is 35.5. The van der Waals surface area contributed by atoms with E-state index in [0.29, 0.717) is 0 Å². The maximum Gasteiger partial charge on any atom is 0.252 e. The first-order valence-electron chi connectivity index (χ1n) is 7.58. The molecule has 0 saturated heterocycles. The second-order valence-corrected chi connectivity index (χ2v) is 5.99. The Kier molecular flexibility index (Phi) is 4.84. The molecule has 120 valence electrons. The molecule has 23 heavy (non-hydrogen) atoms. The zero-order valence-electron chi connectivity index (χ0n) is 13.0. The second-order valence-electron chi connectivity index (χ2n) is 5.55. The fourth-order valence-electron chi connectivity index (χ4n) is 2.78. The minimum Gasteiger partial charge on any atom is -0.381 e. The van der Waals surface area contributed by atoms with Crippen LogP contribution in [0, 0.1) is 0 Å². The molecule has 0 aliphatic carbocycles. The van der Waals surface area contributed by atoms with Gasteiger partial charge in [-0.3, -0.25) is 4.79 Å². The van der Waals surface area contributed by atoms with Crippen LogP contribution in [0.15, 0.2) is 42.5 Å². The van der Waals surface area contributed by atoms with Crippen molar-refractivity contribution >= 4 is 28.9 Å². The third kappa shape index (κ3) is 3.66. The summed E-state index contributed by atoms with van der Waals surface area (Å²) in [6.45, 7) is 1.58. The smallest absolute Gasteiger partial charge is 0.252 e. The van der Waals surface area contributed by atoms with E-state index in [1.54, 1.807) is 12.0 Å². The number of carbonyl (C=O) groups excluding carboxylic acids is 1. The summed E-state index contributed by atoms with van der Waals surface area (Å²) in [7, 11) is 1.54. The normalized spacial score (nSPS) is 13.0. The molecule has 0 saturated carbocycles. The van der Waals surface area contributed by atoms with E-state index in [0.717, 1.165) is 35.9 Å². The number of nitrogens with one attached hydrogen (secondary N) is 1. The molecule has 1 aliphatic rings. The van der Waals surface area contributed by atoms with Crippen LogP contribution in [0.25, 0.3) is 0 Å². The van der Waals surface area contributed by atoms with Crippen LogP contribution in [0.3, 0.4) is 0 Å². The summed E-state index contributed by atoms with van der Waals surface area (Å²) < 4.78 is 4.94. The first-order chi connectivity index (χ1) is 11.2. The van der Waals surface area contributed by atoms with Gasteiger partial charge in [0.1, 0.15) is 6.61 Å². The van der Waals surface area contributed by atoms with Gasteiger partial charge in [-0.1, -0.05) is 23.7 Å². The lowest BCUT2D eigenvalue weighted by Crippen LogP contribution is -2.31. The van der Waals surface area contributed by atoms with Crippen LogP contribution in [0.5, 0.6) is 0 Å². The molecule has 0 fully saturated rings. The van der Waals surface area contributed by atoms with Crippen LogP contribution in [0.2, 0.25) is 5.02 Å². The van der Waals surface area contributed by atoms with Gasteiger partial charge in [-0.05, 0) is 47.9 Å². The molecule has 4 nitrogen and oxygen atoms in total. The molecule has 3 rings (SSSR count). The number of benzene rings is 2. The Labute approximate surface area is 141 Å². The van der Waals surface area contributed by atoms with E-state index >= 15 is 0 Å². The highest BCUT2D eigenvalue weighted by molar-refractivity contribution is 6.30. The molecule has 1 aliphatic heterocycles. The molecule has 0 bridgehead atoms. The van der Waals surface area contributed by atoms with Crippen molar-refractivity contribution in [3.8, 4) is 0 Å². The Bertz CT molecular complexity index is 701. The molecule has 0 radical (unpaired) electrons. The van der Waals surface area contributed by atoms with Gasteiger partial charge in [-0.15, -0.1) is 0 Å². The molecule has 2 aromatic carbocycles. The minimum atomic E-state index is 0.00752. The summed E-state index contributed by atoms with van der Waals surface area (Å²) in [6, 6.07) is 13.9. The maximum atomic E-state index is 12.0. The molecular weight excluding hydrogens is 312 g/mol. The zero-order chi connectivity index (χ0) is 16.2. The van der Waals surface area contributed by atoms with Crippen LogP contribution < -0.4 is 10.2 Å². The van der Waals surface area contributed by atoms with Gasteiger partial charge < -0.3 is 15.0 Å². The second kappa shape index (κ2) is 7.02. The molecule has 1 N–H and O–H groups in total. The molecule has 0 spiro atoms. The number of rotatable bonds is 5. The minimum absolute atomic E-state index is 0.00752. The molecular formula is C18H19ClN2O2. The number of hydrogen-bond donors (Lipinski definition) is 1. The molecule has 0 aromatic heterocycles. The molecule has 5 heteroatoms. The van der Waals surface area contributed by atoms with Gasteiger partial charge in [-0.25, -0.2) is 0 Å². The van der Waals surface area contributed by atoms with Gasteiger partial charge in [0.15, 0.2) is 0 Å². The van der Waals surface area contributed by atoms with E-state index in [9.17, 15) is 4.79 Å². The van der Waals surface area contributed by atoms with Crippen LogP contribution in [0.1, 0.15) is 11.1 Å². The lowest BCUT2D eigenvalue weighted by Gasteiger charge is -2.17. The van der Waals surface area contributed by atoms with Gasteiger partial charge in [0, 0.05) is 36.6 Å². The predicted molar refractivity (Wildman–Crippen MR) is 93.2 cm³/mol. The van der Waals surface area contributed by atoms with Gasteiger partial charge in [0.2, 0.25) is 0 Å². The van der Waals surface area contributed by atoms with Crippen LogP contribution >= 0.6 is 11.6 Å². The molecule has 1 heterocycles. The Morgan fingerprint density at radius 2 is 2.04 bits per heavy atom. The number of carbonyl (C=O) groups is 1. The van der Waals surface area contributed by atoms with Crippen molar-refractivity contribution in [2.45, 2.75) is 13.0 Å². The molecule has 1 amide bonds. The number of nitrogens with zero attached hydrogens (tertiary/aromatic N) is 1. The summed E-state index contributed by atoms with van der Waals surface area (Å²) in [4.78, 5) is 13.8. The van der Waals surface area contributed by atoms with E-state index in [2.05, 4.69) is 11.4 Å². The predicted octanol–water partition coefficient (Wildman–Crippen LogP) is 3.49. The van der Waals surface area contributed by atoms with E-state index in [1.807, 2.05) is 36.4 Å². The van der Waals surface area contributed by atoms with E-state index in [-0.39, 0.29) is 12.5 Å². The Morgan fingerprint density at radius 3 is 2.78 bits per heavy atom. The van der Waals surface area contributed by atoms with Crippen molar-refractivity contribution in [1.29, 1.82) is 0 Å². The molecule has 2 aromatic rings. The van der Waals surface area contributed by atoms with Crippen molar-refractivity contribution in [3.63, 3.8) is 0 Å². The van der Waals surface area contributed by atoms with Crippen molar-refractivity contribution in [2.24, 2.45) is 0 Å². The average Bonchev–Trinajstić information content (AvgIpc) is 2.98. The van der Waals surface area contributed by atoms with Crippen molar-refractivity contribution in [3.05, 3.63) is 58.6 Å². The van der Waals surface area contributed by atoms with E-state index in [1.165, 1.54) is 11.1 Å². The fraction of sp³-hybridized carbons (Fsp3) is 0.278. The van der Waals surface area contributed by atoms with Crippen molar-refractivity contribution in [2.75, 3.05) is 30.5 Å². The van der Waals surface area contributed by atoms with Gasteiger partial charge in [0.05, 0.1) is 0 Å². The number of hydrogen-bond acceptors (Lipinski definition) is 3. The highest BCUT2D eigenvalue weighted by Crippen LogP contribution is 2.30. The Balaban J connectivity index is 1.67. The number of methoxy groups -OCH3 is 1. The van der Waals surface area contributed by atoms with Crippen molar-refractivity contribution < 1.29 is 9.53 Å². The van der Waals surface area contributed by atoms with Gasteiger partial charge in [-0.2, -0.15) is 0 Å². The Hall–Kier alpha value is -2.04. The number of halogens is 1. The number of fused-ring (bicyclic) bond motifs is 1. The fourth-order valence-corrected chi connectivity index (χ4v) is 2.90. The van der Waals surface area contributed by atoms with Gasteiger partial charge in [0.25, 0.3) is 5.91 Å². The maximum absolute atomic E-state index is 12.0. The summed E-state index contributed by atoms with van der Waals surface area (Å²) >= 11 is 5.89. The van der Waals surface area contributed by atoms with E-state index in [4.69, 9.17) is 16.3 Å². The third-order valence-electron chi connectivity index (χ3n) is 3.95. The summed E-state index contributed by atoms with van der Waals surface area (Å²) in [6.07, 6.45) is 0.876. The highest BCUT2D eigenvalue weighted by Gasteiger charge is 2.24. The van der Waals surface area contributed by atoms with E-state index < -0.39 is 0 Å². The largest absolute Gasteiger partial charge is 0.381 e. The summed E-state index contributed by atoms with van der Waals surface area (Å²) in [5, 5.41) is 4.15. The SMILES string of the molecule is COCC(=O)N1CCc2cc(NCc3ccc(Cl)cc3)ccc21. The van der Waals surface area contributed by atoms with Crippen LogP contribution in [-0.2, 0) is 22.5 Å². The zero-order valence-corrected chi connectivity index (χ0v) is 13.8. The number of amides is 1. The quantitative estimate of drug-likeness (QED) is 0.912. The lowest BCUT2D eigenvalue weighted by atomic mass is 10.1. The first kappa shape index (κ1) is 15.8. The number of anilines is 2. The lowest BCUT2D eigenvalue weighted by molar-refractivity contribution is -0.122. The average molecular weight is 331 g/mol. The van der Waals surface area contributed by atoms with Crippen LogP contribution in [0.4, 0.5) is 11.4 Å². The van der Waals surface area contributed by atoms with Crippen LogP contribution in [-0.4, -0.2) is 26.2 Å². The summed E-state index contributed by atoms with van der Waals surface area (Å²) in [5.41, 5.74) is 4.41. The molecule has 0 unspecified atom stereocenters. The topological polar surface area (TPSA) is 41.6 Å². The third-order valence-corrected chi connectivity index (χ3v) is 4.21. The standard InChI is InChI=1S/C18H19ClN2O2/c1-23-12-18(22)21-9-8-14-10-16(6-7-17(14)21)20-11-13-2-4-15(19)5-3-13/h2-7,10,20H,8-9,11-12H2,1H3. The van der Waals surface area contributed by atoms with Gasteiger partial charge >= 0.3 is 0 Å². The molecule has 0 atom stereocenters.